The van der Waals surface area contributed by atoms with Gasteiger partial charge in [0.15, 0.2) is 17.3 Å². The summed E-state index contributed by atoms with van der Waals surface area (Å²) in [6, 6.07) is 6.04. The summed E-state index contributed by atoms with van der Waals surface area (Å²) < 4.78 is 16.8. The van der Waals surface area contributed by atoms with E-state index in [1.54, 1.807) is 11.8 Å². The molecule has 0 bridgehead atoms. The molecule has 0 fully saturated rings. The number of benzene rings is 1. The quantitative estimate of drug-likeness (QED) is 0.729. The molecule has 1 aliphatic rings. The number of hydrogen-bond donors (Lipinski definition) is 0. The second kappa shape index (κ2) is 7.73. The maximum Gasteiger partial charge on any atom is 0.239 e. The smallest absolute Gasteiger partial charge is 0.239 e. The molecule has 0 N–H and O–H groups in total. The standard InChI is InChI=1S/C17H22N2O3S/c1-3-4-6-16-18-17(22-19-16)12(2)23-13-7-8-14-15(11-13)21-10-5-9-20-14/h7-8,11-12H,3-6,9-10H2,1-2H3. The van der Waals surface area contributed by atoms with E-state index in [1.807, 2.05) is 18.2 Å². The van der Waals surface area contributed by atoms with Crippen molar-refractivity contribution in [1.29, 1.82) is 0 Å². The van der Waals surface area contributed by atoms with Crippen molar-refractivity contribution in [3.8, 4) is 11.5 Å². The molecule has 0 aliphatic carbocycles. The van der Waals surface area contributed by atoms with Crippen molar-refractivity contribution in [3.05, 3.63) is 29.9 Å². The molecule has 0 spiro atoms. The molecule has 6 heteroatoms. The lowest BCUT2D eigenvalue weighted by atomic mass is 10.2. The third-order valence-electron chi connectivity index (χ3n) is 3.62. The molecule has 0 saturated carbocycles. The van der Waals surface area contributed by atoms with Gasteiger partial charge in [0.05, 0.1) is 18.5 Å². The molecular formula is C17H22N2O3S. The molecule has 1 unspecified atom stereocenters. The van der Waals surface area contributed by atoms with E-state index in [0.29, 0.717) is 19.1 Å². The Labute approximate surface area is 140 Å². The first kappa shape index (κ1) is 16.2. The zero-order valence-electron chi connectivity index (χ0n) is 13.6. The van der Waals surface area contributed by atoms with Gasteiger partial charge >= 0.3 is 0 Å². The van der Waals surface area contributed by atoms with Crippen LogP contribution in [-0.2, 0) is 6.42 Å². The van der Waals surface area contributed by atoms with Crippen molar-refractivity contribution >= 4 is 11.8 Å². The Morgan fingerprint density at radius 2 is 2.04 bits per heavy atom. The summed E-state index contributed by atoms with van der Waals surface area (Å²) in [7, 11) is 0. The van der Waals surface area contributed by atoms with Gasteiger partial charge in [0.25, 0.3) is 0 Å². The Balaban J connectivity index is 1.66. The number of hydrogen-bond acceptors (Lipinski definition) is 6. The monoisotopic (exact) mass is 334 g/mol. The lowest BCUT2D eigenvalue weighted by Gasteiger charge is -2.10. The predicted octanol–water partition coefficient (Wildman–Crippen LogP) is 4.43. The summed E-state index contributed by atoms with van der Waals surface area (Å²) in [4.78, 5) is 5.60. The highest BCUT2D eigenvalue weighted by molar-refractivity contribution is 7.99. The summed E-state index contributed by atoms with van der Waals surface area (Å²) in [6.45, 7) is 5.63. The van der Waals surface area contributed by atoms with Crippen molar-refractivity contribution in [2.75, 3.05) is 13.2 Å². The highest BCUT2D eigenvalue weighted by Gasteiger charge is 2.17. The van der Waals surface area contributed by atoms with Crippen LogP contribution in [0.3, 0.4) is 0 Å². The average Bonchev–Trinajstić information content (AvgIpc) is 2.91. The molecule has 124 valence electrons. The van der Waals surface area contributed by atoms with Gasteiger partial charge < -0.3 is 14.0 Å². The number of fused-ring (bicyclic) bond motifs is 1. The Hall–Kier alpha value is -1.69. The van der Waals surface area contributed by atoms with Gasteiger partial charge in [-0.2, -0.15) is 4.98 Å². The first-order valence-corrected chi connectivity index (χ1v) is 9.03. The number of unbranched alkanes of at least 4 members (excludes halogenated alkanes) is 1. The first-order valence-electron chi connectivity index (χ1n) is 8.15. The number of rotatable bonds is 6. The Morgan fingerprint density at radius 3 is 2.87 bits per heavy atom. The van der Waals surface area contributed by atoms with Crippen LogP contribution in [0.15, 0.2) is 27.6 Å². The number of aromatic nitrogens is 2. The molecule has 0 saturated heterocycles. The van der Waals surface area contributed by atoms with E-state index >= 15 is 0 Å². The van der Waals surface area contributed by atoms with E-state index < -0.39 is 0 Å². The van der Waals surface area contributed by atoms with E-state index in [1.165, 1.54) is 0 Å². The van der Waals surface area contributed by atoms with Crippen LogP contribution in [0, 0.1) is 0 Å². The average molecular weight is 334 g/mol. The molecular weight excluding hydrogens is 312 g/mol. The van der Waals surface area contributed by atoms with Crippen molar-refractivity contribution in [3.63, 3.8) is 0 Å². The summed E-state index contributed by atoms with van der Waals surface area (Å²) in [5, 5.41) is 4.15. The SMILES string of the molecule is CCCCc1noc(C(C)Sc2ccc3c(c2)OCCCO3)n1. The van der Waals surface area contributed by atoms with E-state index in [0.717, 1.165) is 47.9 Å². The molecule has 0 amide bonds. The minimum absolute atomic E-state index is 0.0997. The summed E-state index contributed by atoms with van der Waals surface area (Å²) >= 11 is 1.68. The molecule has 1 aliphatic heterocycles. The zero-order valence-corrected chi connectivity index (χ0v) is 14.4. The second-order valence-electron chi connectivity index (χ2n) is 5.57. The number of ether oxygens (including phenoxy) is 2. The summed E-state index contributed by atoms with van der Waals surface area (Å²) in [5.41, 5.74) is 0. The third-order valence-corrected chi connectivity index (χ3v) is 4.70. The maximum absolute atomic E-state index is 5.74. The van der Waals surface area contributed by atoms with Crippen LogP contribution in [0.1, 0.15) is 50.1 Å². The van der Waals surface area contributed by atoms with Crippen LogP contribution in [0.4, 0.5) is 0 Å². The zero-order chi connectivity index (χ0) is 16.1. The molecule has 1 aromatic carbocycles. The van der Waals surface area contributed by atoms with Crippen LogP contribution in [0.5, 0.6) is 11.5 Å². The molecule has 5 nitrogen and oxygen atoms in total. The van der Waals surface area contributed by atoms with Gasteiger partial charge in [-0.25, -0.2) is 0 Å². The van der Waals surface area contributed by atoms with Crippen molar-refractivity contribution in [2.45, 2.75) is 49.7 Å². The first-order chi connectivity index (χ1) is 11.3. The summed E-state index contributed by atoms with van der Waals surface area (Å²) in [6.07, 6.45) is 4.01. The van der Waals surface area contributed by atoms with Gasteiger partial charge in [0, 0.05) is 17.7 Å². The molecule has 2 aromatic rings. The maximum atomic E-state index is 5.74. The highest BCUT2D eigenvalue weighted by Crippen LogP contribution is 2.39. The topological polar surface area (TPSA) is 57.4 Å². The van der Waals surface area contributed by atoms with Gasteiger partial charge in [0.1, 0.15) is 0 Å². The van der Waals surface area contributed by atoms with Crippen molar-refractivity contribution in [1.82, 2.24) is 10.1 Å². The predicted molar refractivity (Wildman–Crippen MR) is 89.2 cm³/mol. The number of aryl methyl sites for hydroxylation is 1. The van der Waals surface area contributed by atoms with Crippen LogP contribution in [0.25, 0.3) is 0 Å². The van der Waals surface area contributed by atoms with Gasteiger partial charge in [0.2, 0.25) is 5.89 Å². The van der Waals surface area contributed by atoms with Crippen LogP contribution in [0.2, 0.25) is 0 Å². The van der Waals surface area contributed by atoms with E-state index in [9.17, 15) is 0 Å². The molecule has 1 aromatic heterocycles. The minimum atomic E-state index is 0.0997. The molecule has 3 rings (SSSR count). The number of nitrogens with zero attached hydrogens (tertiary/aromatic N) is 2. The molecule has 23 heavy (non-hydrogen) atoms. The van der Waals surface area contributed by atoms with Crippen LogP contribution < -0.4 is 9.47 Å². The molecule has 0 radical (unpaired) electrons. The highest BCUT2D eigenvalue weighted by atomic mass is 32.2. The van der Waals surface area contributed by atoms with E-state index in [-0.39, 0.29) is 5.25 Å². The van der Waals surface area contributed by atoms with Crippen molar-refractivity contribution in [2.24, 2.45) is 0 Å². The van der Waals surface area contributed by atoms with Gasteiger partial charge in [-0.1, -0.05) is 18.5 Å². The fraction of sp³-hybridized carbons (Fsp3) is 0.529. The van der Waals surface area contributed by atoms with Crippen LogP contribution >= 0.6 is 11.8 Å². The van der Waals surface area contributed by atoms with Crippen molar-refractivity contribution < 1.29 is 14.0 Å². The third kappa shape index (κ3) is 4.19. The lowest BCUT2D eigenvalue weighted by Crippen LogP contribution is -1.97. The van der Waals surface area contributed by atoms with Crippen LogP contribution in [-0.4, -0.2) is 23.4 Å². The van der Waals surface area contributed by atoms with Gasteiger partial charge in [-0.15, -0.1) is 11.8 Å². The van der Waals surface area contributed by atoms with Gasteiger partial charge in [-0.05, 0) is 31.5 Å². The fourth-order valence-corrected chi connectivity index (χ4v) is 3.27. The van der Waals surface area contributed by atoms with E-state index in [4.69, 9.17) is 14.0 Å². The minimum Gasteiger partial charge on any atom is -0.490 e. The molecule has 2 heterocycles. The number of thioether (sulfide) groups is 1. The van der Waals surface area contributed by atoms with Gasteiger partial charge in [-0.3, -0.25) is 0 Å². The Kier molecular flexibility index (Phi) is 5.43. The Morgan fingerprint density at radius 1 is 1.22 bits per heavy atom. The Bertz CT molecular complexity index is 645. The largest absolute Gasteiger partial charge is 0.490 e. The molecule has 1 atom stereocenters. The lowest BCUT2D eigenvalue weighted by molar-refractivity contribution is 0.297. The second-order valence-corrected chi connectivity index (χ2v) is 6.99. The summed E-state index contributed by atoms with van der Waals surface area (Å²) in [5.74, 6) is 3.11. The fourth-order valence-electron chi connectivity index (χ4n) is 2.34. The van der Waals surface area contributed by atoms with E-state index in [2.05, 4.69) is 24.0 Å². The normalized spacial score (nSPS) is 15.2.